The Balaban J connectivity index is 2.80. The SMILES string of the molecule is CCC(N)C(N1CCSC(C)(C)CC1)C(F)(F)F. The van der Waals surface area contributed by atoms with Gasteiger partial charge in [-0.25, -0.2) is 0 Å². The summed E-state index contributed by atoms with van der Waals surface area (Å²) in [5, 5.41) is 0. The molecular weight excluding hydrogens is 261 g/mol. The molecule has 1 fully saturated rings. The lowest BCUT2D eigenvalue weighted by Crippen LogP contribution is -2.56. The third kappa shape index (κ3) is 4.31. The van der Waals surface area contributed by atoms with Gasteiger partial charge in [0.05, 0.1) is 0 Å². The first kappa shape index (κ1) is 16.1. The molecule has 0 radical (unpaired) electrons. The number of thioether (sulfide) groups is 1. The monoisotopic (exact) mass is 284 g/mol. The van der Waals surface area contributed by atoms with Gasteiger partial charge < -0.3 is 5.73 Å². The fourth-order valence-electron chi connectivity index (χ4n) is 2.26. The molecule has 1 aliphatic rings. The molecule has 0 aromatic carbocycles. The summed E-state index contributed by atoms with van der Waals surface area (Å²) in [6.45, 7) is 6.82. The van der Waals surface area contributed by atoms with Crippen LogP contribution in [0.1, 0.15) is 33.6 Å². The van der Waals surface area contributed by atoms with Crippen LogP contribution in [0.2, 0.25) is 0 Å². The zero-order chi connectivity index (χ0) is 14.0. The van der Waals surface area contributed by atoms with E-state index in [1.54, 1.807) is 18.7 Å². The van der Waals surface area contributed by atoms with Crippen molar-refractivity contribution < 1.29 is 13.2 Å². The van der Waals surface area contributed by atoms with Crippen molar-refractivity contribution in [2.75, 3.05) is 18.8 Å². The molecular formula is C12H23F3N2S. The van der Waals surface area contributed by atoms with Crippen molar-refractivity contribution in [3.05, 3.63) is 0 Å². The van der Waals surface area contributed by atoms with E-state index in [0.29, 0.717) is 19.5 Å². The molecule has 1 rings (SSSR count). The van der Waals surface area contributed by atoms with Gasteiger partial charge in [0.25, 0.3) is 0 Å². The minimum Gasteiger partial charge on any atom is -0.326 e. The number of nitrogens with zero attached hydrogens (tertiary/aromatic N) is 1. The number of rotatable bonds is 3. The molecule has 2 nitrogen and oxygen atoms in total. The molecule has 2 N–H and O–H groups in total. The van der Waals surface area contributed by atoms with Crippen molar-refractivity contribution in [1.82, 2.24) is 4.90 Å². The van der Waals surface area contributed by atoms with Crippen molar-refractivity contribution in [2.45, 2.75) is 56.6 Å². The molecule has 0 aromatic rings. The molecule has 0 saturated carbocycles. The van der Waals surface area contributed by atoms with Gasteiger partial charge >= 0.3 is 6.18 Å². The van der Waals surface area contributed by atoms with Gasteiger partial charge in [0.1, 0.15) is 6.04 Å². The minimum absolute atomic E-state index is 0.0568. The maximum Gasteiger partial charge on any atom is 0.405 e. The predicted molar refractivity (Wildman–Crippen MR) is 70.8 cm³/mol. The van der Waals surface area contributed by atoms with E-state index in [4.69, 9.17) is 5.73 Å². The summed E-state index contributed by atoms with van der Waals surface area (Å²) in [5.74, 6) is 0.732. The van der Waals surface area contributed by atoms with E-state index >= 15 is 0 Å². The van der Waals surface area contributed by atoms with Crippen molar-refractivity contribution in [2.24, 2.45) is 5.73 Å². The van der Waals surface area contributed by atoms with Gasteiger partial charge in [-0.15, -0.1) is 0 Å². The lowest BCUT2D eigenvalue weighted by molar-refractivity contribution is -0.189. The van der Waals surface area contributed by atoms with Gasteiger partial charge in [-0.3, -0.25) is 4.90 Å². The Morgan fingerprint density at radius 2 is 1.94 bits per heavy atom. The molecule has 0 spiro atoms. The third-order valence-corrected chi connectivity index (χ3v) is 4.85. The van der Waals surface area contributed by atoms with Crippen LogP contribution in [-0.4, -0.2) is 46.7 Å². The van der Waals surface area contributed by atoms with Crippen LogP contribution in [0.5, 0.6) is 0 Å². The predicted octanol–water partition coefficient (Wildman–Crippen LogP) is 2.87. The number of alkyl halides is 3. The topological polar surface area (TPSA) is 29.3 Å². The highest BCUT2D eigenvalue weighted by Crippen LogP contribution is 2.34. The Hall–Kier alpha value is 0.0600. The third-order valence-electron chi connectivity index (χ3n) is 3.48. The molecule has 1 aliphatic heterocycles. The zero-order valence-electron chi connectivity index (χ0n) is 11.3. The van der Waals surface area contributed by atoms with Crippen LogP contribution in [0.25, 0.3) is 0 Å². The second-order valence-electron chi connectivity index (χ2n) is 5.45. The molecule has 0 aromatic heterocycles. The average Bonchev–Trinajstić information content (AvgIpc) is 2.38. The Morgan fingerprint density at radius 1 is 1.33 bits per heavy atom. The first-order chi connectivity index (χ1) is 8.17. The van der Waals surface area contributed by atoms with E-state index in [-0.39, 0.29) is 4.75 Å². The van der Waals surface area contributed by atoms with Gasteiger partial charge in [0.15, 0.2) is 0 Å². The fourth-order valence-corrected chi connectivity index (χ4v) is 3.37. The van der Waals surface area contributed by atoms with Crippen molar-refractivity contribution in [3.8, 4) is 0 Å². The molecule has 2 atom stereocenters. The largest absolute Gasteiger partial charge is 0.405 e. The lowest BCUT2D eigenvalue weighted by atomic mass is 10.0. The van der Waals surface area contributed by atoms with Crippen LogP contribution < -0.4 is 5.73 Å². The Labute approximate surface area is 111 Å². The van der Waals surface area contributed by atoms with E-state index in [9.17, 15) is 13.2 Å². The van der Waals surface area contributed by atoms with E-state index in [1.807, 2.05) is 0 Å². The van der Waals surface area contributed by atoms with Crippen LogP contribution in [0.3, 0.4) is 0 Å². The maximum atomic E-state index is 13.1. The second-order valence-corrected chi connectivity index (χ2v) is 7.25. The van der Waals surface area contributed by atoms with E-state index in [0.717, 1.165) is 12.2 Å². The summed E-state index contributed by atoms with van der Waals surface area (Å²) in [6.07, 6.45) is -3.13. The van der Waals surface area contributed by atoms with Gasteiger partial charge in [0, 0.05) is 29.6 Å². The average molecular weight is 284 g/mol. The molecule has 0 aliphatic carbocycles. The number of hydrogen-bond donors (Lipinski definition) is 1. The normalized spacial score (nSPS) is 25.5. The summed E-state index contributed by atoms with van der Waals surface area (Å²) in [6, 6.07) is -2.34. The highest BCUT2D eigenvalue weighted by Gasteiger charge is 2.47. The summed E-state index contributed by atoms with van der Waals surface area (Å²) in [5.41, 5.74) is 5.68. The van der Waals surface area contributed by atoms with Gasteiger partial charge in [-0.2, -0.15) is 24.9 Å². The summed E-state index contributed by atoms with van der Waals surface area (Å²) in [7, 11) is 0. The van der Waals surface area contributed by atoms with Gasteiger partial charge in [0.2, 0.25) is 0 Å². The fraction of sp³-hybridized carbons (Fsp3) is 1.00. The standard InChI is InChI=1S/C12H23F3N2S/c1-4-9(16)10(12(13,14)15)17-6-5-11(2,3)18-8-7-17/h9-10H,4-8,16H2,1-3H3. The maximum absolute atomic E-state index is 13.1. The summed E-state index contributed by atoms with van der Waals surface area (Å²) in [4.78, 5) is 1.52. The number of halogens is 3. The van der Waals surface area contributed by atoms with E-state index < -0.39 is 18.3 Å². The zero-order valence-corrected chi connectivity index (χ0v) is 12.1. The van der Waals surface area contributed by atoms with Crippen LogP contribution in [0, 0.1) is 0 Å². The van der Waals surface area contributed by atoms with Crippen LogP contribution in [-0.2, 0) is 0 Å². The molecule has 1 saturated heterocycles. The quantitative estimate of drug-likeness (QED) is 0.864. The Morgan fingerprint density at radius 3 is 2.44 bits per heavy atom. The summed E-state index contributed by atoms with van der Waals surface area (Å²) < 4.78 is 39.5. The van der Waals surface area contributed by atoms with Crippen molar-refractivity contribution in [1.29, 1.82) is 0 Å². The molecule has 18 heavy (non-hydrogen) atoms. The van der Waals surface area contributed by atoms with Crippen molar-refractivity contribution >= 4 is 11.8 Å². The summed E-state index contributed by atoms with van der Waals surface area (Å²) >= 11 is 1.74. The van der Waals surface area contributed by atoms with Crippen LogP contribution in [0.4, 0.5) is 13.2 Å². The Kier molecular flexibility index (Phi) is 5.38. The molecule has 2 unspecified atom stereocenters. The second kappa shape index (κ2) is 6.01. The molecule has 0 bridgehead atoms. The molecule has 1 heterocycles. The van der Waals surface area contributed by atoms with E-state index in [2.05, 4.69) is 13.8 Å². The molecule has 108 valence electrons. The minimum atomic E-state index is -4.24. The van der Waals surface area contributed by atoms with Gasteiger partial charge in [-0.1, -0.05) is 20.8 Å². The first-order valence-electron chi connectivity index (χ1n) is 6.37. The highest BCUT2D eigenvalue weighted by molar-refractivity contribution is 8.00. The highest BCUT2D eigenvalue weighted by atomic mass is 32.2. The number of nitrogens with two attached hydrogens (primary N) is 1. The number of hydrogen-bond acceptors (Lipinski definition) is 3. The smallest absolute Gasteiger partial charge is 0.326 e. The molecule has 6 heteroatoms. The van der Waals surface area contributed by atoms with E-state index in [1.165, 1.54) is 4.90 Å². The van der Waals surface area contributed by atoms with Gasteiger partial charge in [-0.05, 0) is 12.8 Å². The van der Waals surface area contributed by atoms with Crippen LogP contribution >= 0.6 is 11.8 Å². The Bertz CT molecular complexity index is 269. The van der Waals surface area contributed by atoms with Crippen molar-refractivity contribution in [3.63, 3.8) is 0 Å². The lowest BCUT2D eigenvalue weighted by Gasteiger charge is -2.35. The van der Waals surface area contributed by atoms with Crippen LogP contribution in [0.15, 0.2) is 0 Å². The molecule has 0 amide bonds. The first-order valence-corrected chi connectivity index (χ1v) is 7.36.